The summed E-state index contributed by atoms with van der Waals surface area (Å²) in [7, 11) is 0. The molecule has 1 saturated heterocycles. The molecule has 69 heavy (non-hydrogen) atoms. The van der Waals surface area contributed by atoms with Crippen LogP contribution in [0.1, 0.15) is 51.3 Å². The Labute approximate surface area is 407 Å². The quantitative estimate of drug-likeness (QED) is 0.0607. The van der Waals surface area contributed by atoms with Gasteiger partial charge in [0.15, 0.2) is 5.75 Å². The van der Waals surface area contributed by atoms with E-state index in [4.69, 9.17) is 14.2 Å². The average molecular weight is 972 g/mol. The van der Waals surface area contributed by atoms with Gasteiger partial charge in [-0.15, -0.1) is 22.7 Å². The molecule has 3 aromatic heterocycles. The molecule has 16 heteroatoms. The molecule has 3 amide bonds. The van der Waals surface area contributed by atoms with Crippen molar-refractivity contribution in [1.82, 2.24) is 25.5 Å². The molecule has 7 aromatic rings. The van der Waals surface area contributed by atoms with Crippen LogP contribution < -0.4 is 20.1 Å². The van der Waals surface area contributed by atoms with Crippen LogP contribution in [0.15, 0.2) is 115 Å². The van der Waals surface area contributed by atoms with Crippen LogP contribution in [0.3, 0.4) is 0 Å². The molecule has 8 rings (SSSR count). The number of likely N-dealkylation sites (tertiary alicyclic amines) is 1. The number of rotatable bonds is 18. The maximum absolute atomic E-state index is 14.0. The number of unbranched alkanes of at least 4 members (excludes halogenated alkanes) is 1. The van der Waals surface area contributed by atoms with Gasteiger partial charge < -0.3 is 40.0 Å². The zero-order valence-electron chi connectivity index (χ0n) is 38.7. The van der Waals surface area contributed by atoms with Gasteiger partial charge in [-0.25, -0.2) is 9.37 Å². The zero-order valence-corrected chi connectivity index (χ0v) is 40.4. The van der Waals surface area contributed by atoms with Crippen LogP contribution in [0, 0.1) is 18.2 Å². The van der Waals surface area contributed by atoms with Crippen LogP contribution >= 0.6 is 22.7 Å². The molecule has 1 fully saturated rings. The maximum Gasteiger partial charge on any atom is 0.246 e. The lowest BCUT2D eigenvalue weighted by atomic mass is 9.85. The minimum Gasteiger partial charge on any atom is -0.508 e. The number of amides is 3. The summed E-state index contributed by atoms with van der Waals surface area (Å²) in [4.78, 5) is 52.7. The number of aromatic hydroxyl groups is 1. The number of carbonyl (C=O) groups is 3. The van der Waals surface area contributed by atoms with E-state index < -0.39 is 35.4 Å². The predicted molar refractivity (Wildman–Crippen MR) is 266 cm³/mol. The third kappa shape index (κ3) is 12.1. The molecule has 1 aliphatic heterocycles. The Morgan fingerprint density at radius 3 is 2.26 bits per heavy atom. The highest BCUT2D eigenvalue weighted by atomic mass is 32.1. The summed E-state index contributed by atoms with van der Waals surface area (Å²) < 4.78 is 32.6. The van der Waals surface area contributed by atoms with Crippen molar-refractivity contribution in [2.24, 2.45) is 5.41 Å². The number of aromatic nitrogens is 2. The number of phenols is 1. The van der Waals surface area contributed by atoms with Crippen LogP contribution in [0.5, 0.6) is 23.0 Å². The number of nitrogens with zero attached hydrogens (tertiary/aromatic N) is 3. The molecular formula is C53H54FN5O8S2. The molecule has 3 atom stereocenters. The van der Waals surface area contributed by atoms with E-state index in [0.717, 1.165) is 53.5 Å². The number of aliphatic hydroxyl groups is 1. The summed E-state index contributed by atoms with van der Waals surface area (Å²) in [6.07, 6.45) is 2.18. The molecule has 1 aliphatic rings. The van der Waals surface area contributed by atoms with E-state index in [-0.39, 0.29) is 43.6 Å². The van der Waals surface area contributed by atoms with E-state index in [1.165, 1.54) is 28.4 Å². The van der Waals surface area contributed by atoms with Gasteiger partial charge in [0.25, 0.3) is 0 Å². The summed E-state index contributed by atoms with van der Waals surface area (Å²) in [6.45, 7) is 8.18. The van der Waals surface area contributed by atoms with Gasteiger partial charge in [0, 0.05) is 41.8 Å². The van der Waals surface area contributed by atoms with Gasteiger partial charge in [-0.3, -0.25) is 19.4 Å². The minimum atomic E-state index is -0.961. The lowest BCUT2D eigenvalue weighted by Gasteiger charge is -2.35. The van der Waals surface area contributed by atoms with Crippen LogP contribution in [0.25, 0.3) is 42.2 Å². The molecule has 0 aliphatic carbocycles. The normalized spacial score (nSPS) is 15.2. The molecule has 4 heterocycles. The van der Waals surface area contributed by atoms with Crippen LogP contribution in [-0.4, -0.2) is 87.4 Å². The number of hydrogen-bond donors (Lipinski definition) is 4. The number of aryl methyl sites for hydroxylation is 1. The van der Waals surface area contributed by atoms with Crippen LogP contribution in [0.2, 0.25) is 0 Å². The highest BCUT2D eigenvalue weighted by molar-refractivity contribution is 7.22. The molecule has 0 bridgehead atoms. The molecule has 4 N–H and O–H groups in total. The van der Waals surface area contributed by atoms with E-state index in [0.29, 0.717) is 43.3 Å². The fourth-order valence-electron chi connectivity index (χ4n) is 8.05. The fraction of sp³-hybridized carbons (Fsp3) is 0.302. The Morgan fingerprint density at radius 1 is 0.870 bits per heavy atom. The van der Waals surface area contributed by atoms with E-state index in [1.54, 1.807) is 41.8 Å². The number of thiazole rings is 1. The smallest absolute Gasteiger partial charge is 0.246 e. The largest absolute Gasteiger partial charge is 0.508 e. The average Bonchev–Trinajstić information content (AvgIpc) is 4.06. The first-order valence-electron chi connectivity index (χ1n) is 22.7. The molecule has 1 unspecified atom stereocenters. The van der Waals surface area contributed by atoms with Crippen molar-refractivity contribution in [3.8, 4) is 55.1 Å². The first-order valence-corrected chi connectivity index (χ1v) is 24.4. The highest BCUT2D eigenvalue weighted by Crippen LogP contribution is 2.47. The number of hydrogen-bond acceptors (Lipinski definition) is 12. The van der Waals surface area contributed by atoms with Crippen molar-refractivity contribution in [1.29, 1.82) is 0 Å². The SMILES string of the molecule is Cc1ncsc1-c1ccc(CNC(=O)[C@@H]2C[C@@H](O)CN2C(=O)C(NC(=O)COCCCCOc2ccc(-c3ccc(Oc4c(-c5ccc(F)cc5)sc5cc(O)ccc45)cc3)nc2)C(C)(C)C)cc1. The number of benzene rings is 4. The molecule has 0 radical (unpaired) electrons. The molecular weight excluding hydrogens is 918 g/mol. The van der Waals surface area contributed by atoms with Gasteiger partial charge in [0.1, 0.15) is 41.8 Å². The predicted octanol–water partition coefficient (Wildman–Crippen LogP) is 9.68. The number of pyridine rings is 1. The molecule has 13 nitrogen and oxygen atoms in total. The number of halogens is 1. The molecule has 358 valence electrons. The van der Waals surface area contributed by atoms with Gasteiger partial charge in [0.05, 0.1) is 45.6 Å². The third-order valence-corrected chi connectivity index (χ3v) is 13.9. The van der Waals surface area contributed by atoms with Crippen molar-refractivity contribution in [2.75, 3.05) is 26.4 Å². The lowest BCUT2D eigenvalue weighted by Crippen LogP contribution is -2.58. The monoisotopic (exact) mass is 971 g/mol. The standard InChI is InChI=1S/C53H54FN5O8S2/c1-32-48(68-31-57-32)35-9-7-33(8-10-35)27-56-51(63)44-25-39(61)29-59(44)52(64)50(53(2,3)4)58-46(62)30-65-23-5-6-24-66-41-20-22-43(55-28-41)34-13-18-40(19-14-34)67-47-42-21-17-38(60)26-45(42)69-49(47)36-11-15-37(54)16-12-36/h7-22,26,28,31,39,44,50,60-61H,5-6,23-25,27,29-30H2,1-4H3,(H,56,63)(H,58,62)/t39-,44+,50?/m1/s1. The minimum absolute atomic E-state index is 0.0164. The number of phenolic OH excluding ortho intramolecular Hbond substituents is 1. The Morgan fingerprint density at radius 2 is 1.57 bits per heavy atom. The second kappa shape index (κ2) is 21.7. The van der Waals surface area contributed by atoms with Crippen molar-refractivity contribution in [3.05, 3.63) is 132 Å². The Kier molecular flexibility index (Phi) is 15.3. The van der Waals surface area contributed by atoms with Crippen molar-refractivity contribution >= 4 is 50.5 Å². The summed E-state index contributed by atoms with van der Waals surface area (Å²) in [5.74, 6) is 0.400. The number of fused-ring (bicyclic) bond motifs is 1. The van der Waals surface area contributed by atoms with Crippen molar-refractivity contribution < 1.29 is 43.2 Å². The van der Waals surface area contributed by atoms with Crippen molar-refractivity contribution in [2.45, 2.75) is 71.7 Å². The zero-order chi connectivity index (χ0) is 48.7. The van der Waals surface area contributed by atoms with Crippen LogP contribution in [0.4, 0.5) is 4.39 Å². The first-order chi connectivity index (χ1) is 33.2. The number of nitrogens with one attached hydrogen (secondary N) is 2. The maximum atomic E-state index is 14.0. The van der Waals surface area contributed by atoms with E-state index in [9.17, 15) is 29.0 Å². The number of β-amino-alcohol motifs (C(OH)–C–C–N with tert-alkyl or cyclic N) is 1. The van der Waals surface area contributed by atoms with Gasteiger partial charge in [0.2, 0.25) is 17.7 Å². The summed E-state index contributed by atoms with van der Waals surface area (Å²) in [6, 6.07) is 28.7. The Balaban J connectivity index is 0.760. The second-order valence-electron chi connectivity index (χ2n) is 18.0. The van der Waals surface area contributed by atoms with Crippen LogP contribution in [-0.2, 0) is 25.7 Å². The number of aliphatic hydroxyl groups excluding tert-OH is 1. The second-order valence-corrected chi connectivity index (χ2v) is 19.9. The molecule has 0 saturated carbocycles. The molecule has 0 spiro atoms. The van der Waals surface area contributed by atoms with E-state index in [1.807, 2.05) is 99.9 Å². The number of ether oxygens (including phenoxy) is 3. The fourth-order valence-corrected chi connectivity index (χ4v) is 10.0. The number of carbonyl (C=O) groups excluding carboxylic acids is 3. The van der Waals surface area contributed by atoms with Gasteiger partial charge >= 0.3 is 0 Å². The first kappa shape index (κ1) is 48.7. The molecule has 4 aromatic carbocycles. The van der Waals surface area contributed by atoms with Gasteiger partial charge in [-0.2, -0.15) is 0 Å². The summed E-state index contributed by atoms with van der Waals surface area (Å²) in [5, 5.41) is 27.3. The third-order valence-electron chi connectivity index (χ3n) is 11.7. The van der Waals surface area contributed by atoms with E-state index in [2.05, 4.69) is 20.6 Å². The van der Waals surface area contributed by atoms with Crippen molar-refractivity contribution in [3.63, 3.8) is 0 Å². The van der Waals surface area contributed by atoms with Gasteiger partial charge in [-0.1, -0.05) is 57.2 Å². The number of thiophene rings is 1. The Bertz CT molecular complexity index is 2880. The Hall–Kier alpha value is -6.72. The van der Waals surface area contributed by atoms with E-state index >= 15 is 0 Å². The summed E-state index contributed by atoms with van der Waals surface area (Å²) >= 11 is 3.03. The summed E-state index contributed by atoms with van der Waals surface area (Å²) in [5.41, 5.74) is 6.45. The van der Waals surface area contributed by atoms with Gasteiger partial charge in [-0.05, 0) is 109 Å². The topological polar surface area (TPSA) is 172 Å². The lowest BCUT2D eigenvalue weighted by molar-refractivity contribution is -0.144. The highest BCUT2D eigenvalue weighted by Gasteiger charge is 2.44.